The van der Waals surface area contributed by atoms with Gasteiger partial charge in [-0.1, -0.05) is 36.4 Å². The molecule has 7 nitrogen and oxygen atoms in total. The first-order valence-electron chi connectivity index (χ1n) is 8.63. The lowest BCUT2D eigenvalue weighted by Gasteiger charge is -2.26. The smallest absolute Gasteiger partial charge is 0.294 e. The number of nitro groups is 1. The second-order valence-corrected chi connectivity index (χ2v) is 7.28. The summed E-state index contributed by atoms with van der Waals surface area (Å²) in [6.45, 7) is 0. The average Bonchev–Trinajstić information content (AvgIpc) is 3.36. The van der Waals surface area contributed by atoms with Gasteiger partial charge in [0.1, 0.15) is 0 Å². The van der Waals surface area contributed by atoms with Crippen LogP contribution in [0.2, 0.25) is 0 Å². The van der Waals surface area contributed by atoms with Crippen LogP contribution in [0.25, 0.3) is 0 Å². The lowest BCUT2D eigenvalue weighted by molar-refractivity contribution is -0.384. The predicted octanol–water partition coefficient (Wildman–Crippen LogP) is 4.44. The van der Waals surface area contributed by atoms with E-state index in [9.17, 15) is 24.8 Å². The number of hydrogen-bond donors (Lipinski definition) is 1. The fraction of sp³-hybridized carbons (Fsp3) is 0.0476. The Balaban J connectivity index is 1.91. The fourth-order valence-corrected chi connectivity index (χ4v) is 4.03. The molecule has 0 fully saturated rings. The van der Waals surface area contributed by atoms with Crippen molar-refractivity contribution in [3.8, 4) is 0 Å². The van der Waals surface area contributed by atoms with E-state index in [1.807, 2.05) is 0 Å². The standard InChI is InChI=1S/C21H14N2O5S/c24-19(16-10-5-11-29-16)17-18(13-6-4-9-15(12-13)23(27)28)22(21(26)20(17)25)14-7-2-1-3-8-14/h1-12,18,25H/t18-/m0/s1. The number of aliphatic hydroxyl groups excluding tert-OH is 1. The molecule has 1 atom stereocenters. The summed E-state index contributed by atoms with van der Waals surface area (Å²) in [4.78, 5) is 38.4. The number of para-hydroxylation sites is 1. The van der Waals surface area contributed by atoms with Crippen LogP contribution in [-0.4, -0.2) is 21.7 Å². The number of anilines is 1. The van der Waals surface area contributed by atoms with Gasteiger partial charge in [-0.25, -0.2) is 0 Å². The summed E-state index contributed by atoms with van der Waals surface area (Å²) >= 11 is 1.19. The minimum absolute atomic E-state index is 0.0956. The van der Waals surface area contributed by atoms with Crippen LogP contribution in [-0.2, 0) is 4.79 Å². The molecule has 3 aromatic rings. The molecule has 0 aliphatic carbocycles. The number of aliphatic hydroxyl groups is 1. The van der Waals surface area contributed by atoms with E-state index >= 15 is 0 Å². The van der Waals surface area contributed by atoms with Gasteiger partial charge >= 0.3 is 0 Å². The maximum atomic E-state index is 13.1. The molecule has 8 heteroatoms. The van der Waals surface area contributed by atoms with Crippen molar-refractivity contribution >= 4 is 34.4 Å². The fourth-order valence-electron chi connectivity index (χ4n) is 3.36. The van der Waals surface area contributed by atoms with Crippen LogP contribution in [0.1, 0.15) is 21.3 Å². The number of thiophene rings is 1. The number of nitro benzene ring substituents is 1. The molecule has 1 aromatic heterocycles. The first-order valence-corrected chi connectivity index (χ1v) is 9.51. The van der Waals surface area contributed by atoms with Crippen molar-refractivity contribution in [2.75, 3.05) is 4.90 Å². The van der Waals surface area contributed by atoms with Crippen molar-refractivity contribution in [2.45, 2.75) is 6.04 Å². The van der Waals surface area contributed by atoms with Gasteiger partial charge in [-0.3, -0.25) is 24.6 Å². The van der Waals surface area contributed by atoms with Crippen molar-refractivity contribution in [1.82, 2.24) is 0 Å². The van der Waals surface area contributed by atoms with E-state index in [0.717, 1.165) is 0 Å². The molecule has 0 unspecified atom stereocenters. The summed E-state index contributed by atoms with van der Waals surface area (Å²) in [6, 6.07) is 16.6. The molecule has 0 saturated heterocycles. The summed E-state index contributed by atoms with van der Waals surface area (Å²) in [7, 11) is 0. The van der Waals surface area contributed by atoms with E-state index in [-0.39, 0.29) is 11.3 Å². The van der Waals surface area contributed by atoms with Crippen LogP contribution < -0.4 is 4.90 Å². The lowest BCUT2D eigenvalue weighted by Crippen LogP contribution is -2.31. The Morgan fingerprint density at radius 2 is 1.83 bits per heavy atom. The van der Waals surface area contributed by atoms with E-state index in [1.165, 1.54) is 34.4 Å². The van der Waals surface area contributed by atoms with E-state index in [0.29, 0.717) is 16.1 Å². The van der Waals surface area contributed by atoms with Gasteiger partial charge in [-0.2, -0.15) is 0 Å². The van der Waals surface area contributed by atoms with Crippen LogP contribution >= 0.6 is 11.3 Å². The Morgan fingerprint density at radius 1 is 1.07 bits per heavy atom. The van der Waals surface area contributed by atoms with Crippen LogP contribution in [0, 0.1) is 10.1 Å². The Bertz CT molecular complexity index is 1140. The summed E-state index contributed by atoms with van der Waals surface area (Å²) < 4.78 is 0. The molecule has 1 N–H and O–H groups in total. The predicted molar refractivity (Wildman–Crippen MR) is 108 cm³/mol. The summed E-state index contributed by atoms with van der Waals surface area (Å²) in [5.41, 5.74) is 0.564. The molecule has 1 aliphatic heterocycles. The van der Waals surface area contributed by atoms with Gasteiger partial charge in [0, 0.05) is 17.8 Å². The molecule has 1 amide bonds. The summed E-state index contributed by atoms with van der Waals surface area (Å²) in [6.07, 6.45) is 0. The van der Waals surface area contributed by atoms with E-state index < -0.39 is 28.4 Å². The molecular formula is C21H14N2O5S. The third-order valence-electron chi connectivity index (χ3n) is 4.63. The largest absolute Gasteiger partial charge is 0.503 e. The van der Waals surface area contributed by atoms with Gasteiger partial charge in [0.25, 0.3) is 11.6 Å². The Morgan fingerprint density at radius 3 is 2.48 bits per heavy atom. The second kappa shape index (κ2) is 7.33. The Hall–Kier alpha value is -3.78. The molecule has 0 saturated carbocycles. The number of amides is 1. The third-order valence-corrected chi connectivity index (χ3v) is 5.50. The van der Waals surface area contributed by atoms with Gasteiger partial charge in [0.05, 0.1) is 21.4 Å². The minimum atomic E-state index is -0.987. The maximum absolute atomic E-state index is 13.1. The number of ketones is 1. The minimum Gasteiger partial charge on any atom is -0.503 e. The highest BCUT2D eigenvalue weighted by atomic mass is 32.1. The number of carbonyl (C=O) groups excluding carboxylic acids is 2. The highest BCUT2D eigenvalue weighted by Gasteiger charge is 2.45. The van der Waals surface area contributed by atoms with Crippen molar-refractivity contribution in [3.63, 3.8) is 0 Å². The maximum Gasteiger partial charge on any atom is 0.294 e. The summed E-state index contributed by atoms with van der Waals surface area (Å²) in [5.74, 6) is -1.86. The van der Waals surface area contributed by atoms with E-state index in [2.05, 4.69) is 0 Å². The second-order valence-electron chi connectivity index (χ2n) is 6.33. The molecule has 1 aliphatic rings. The molecule has 144 valence electrons. The van der Waals surface area contributed by atoms with Gasteiger partial charge in [0.15, 0.2) is 5.76 Å². The molecule has 2 heterocycles. The normalized spacial score (nSPS) is 16.3. The molecule has 0 radical (unpaired) electrons. The SMILES string of the molecule is O=C(C1=C(O)C(=O)N(c2ccccc2)[C@H]1c1cccc([N+](=O)[O-])c1)c1cccs1. The van der Waals surface area contributed by atoms with Crippen LogP contribution in [0.3, 0.4) is 0 Å². The Kier molecular flexibility index (Phi) is 4.69. The molecule has 0 bridgehead atoms. The first-order chi connectivity index (χ1) is 14.0. The van der Waals surface area contributed by atoms with E-state index in [4.69, 9.17) is 0 Å². The van der Waals surface area contributed by atoms with Crippen molar-refractivity contribution in [1.29, 1.82) is 0 Å². The van der Waals surface area contributed by atoms with Crippen LogP contribution in [0.5, 0.6) is 0 Å². The number of benzene rings is 2. The van der Waals surface area contributed by atoms with Crippen molar-refractivity contribution in [3.05, 3.63) is 104 Å². The van der Waals surface area contributed by atoms with Crippen LogP contribution in [0.4, 0.5) is 11.4 Å². The van der Waals surface area contributed by atoms with E-state index in [1.54, 1.807) is 53.9 Å². The number of nitrogens with zero attached hydrogens (tertiary/aromatic N) is 2. The average molecular weight is 406 g/mol. The van der Waals surface area contributed by atoms with Crippen molar-refractivity contribution in [2.24, 2.45) is 0 Å². The number of Topliss-reactive ketones (excluding diaryl/α,β-unsaturated/α-hetero) is 1. The number of carbonyl (C=O) groups is 2. The molecule has 4 rings (SSSR count). The zero-order chi connectivity index (χ0) is 20.5. The van der Waals surface area contributed by atoms with Gasteiger partial charge in [-0.05, 0) is 29.1 Å². The highest BCUT2D eigenvalue weighted by Crippen LogP contribution is 2.42. The lowest BCUT2D eigenvalue weighted by atomic mass is 9.95. The van der Waals surface area contributed by atoms with Crippen molar-refractivity contribution < 1.29 is 19.6 Å². The number of hydrogen-bond acceptors (Lipinski definition) is 6. The van der Waals surface area contributed by atoms with Gasteiger partial charge in [-0.15, -0.1) is 11.3 Å². The Labute approximate surface area is 169 Å². The number of rotatable bonds is 5. The molecular weight excluding hydrogens is 392 g/mol. The molecule has 29 heavy (non-hydrogen) atoms. The quantitative estimate of drug-likeness (QED) is 0.383. The zero-order valence-electron chi connectivity index (χ0n) is 14.9. The topological polar surface area (TPSA) is 101 Å². The van der Waals surface area contributed by atoms with Crippen LogP contribution in [0.15, 0.2) is 83.4 Å². The highest BCUT2D eigenvalue weighted by molar-refractivity contribution is 7.12. The van der Waals surface area contributed by atoms with Gasteiger partial charge in [0.2, 0.25) is 5.78 Å². The monoisotopic (exact) mass is 406 g/mol. The van der Waals surface area contributed by atoms with Gasteiger partial charge < -0.3 is 5.11 Å². The number of non-ortho nitro benzene ring substituents is 1. The third kappa shape index (κ3) is 3.19. The molecule has 0 spiro atoms. The first kappa shape index (κ1) is 18.6. The molecule has 2 aromatic carbocycles. The zero-order valence-corrected chi connectivity index (χ0v) is 15.7. The summed E-state index contributed by atoms with van der Waals surface area (Å²) in [5, 5.41) is 23.6.